The minimum atomic E-state index is -0.385. The molecule has 0 aromatic carbocycles. The van der Waals surface area contributed by atoms with Gasteiger partial charge in [0.15, 0.2) is 0 Å². The van der Waals surface area contributed by atoms with Gasteiger partial charge in [0.1, 0.15) is 5.65 Å². The lowest BCUT2D eigenvalue weighted by molar-refractivity contribution is 0.0320. The van der Waals surface area contributed by atoms with E-state index in [2.05, 4.69) is 27.1 Å². The highest BCUT2D eigenvalue weighted by Crippen LogP contribution is 2.32. The molecule has 0 bridgehead atoms. The topological polar surface area (TPSA) is 61.4 Å². The van der Waals surface area contributed by atoms with Crippen molar-refractivity contribution in [3.05, 3.63) is 30.1 Å². The molecule has 0 radical (unpaired) electrons. The predicted molar refractivity (Wildman–Crippen MR) is 82.4 cm³/mol. The average molecular weight is 289 g/mol. The summed E-state index contributed by atoms with van der Waals surface area (Å²) in [5.41, 5.74) is 2.36. The summed E-state index contributed by atoms with van der Waals surface area (Å²) < 4.78 is 4.99. The van der Waals surface area contributed by atoms with Crippen LogP contribution in [0.1, 0.15) is 24.3 Å². The van der Waals surface area contributed by atoms with Crippen molar-refractivity contribution in [2.45, 2.75) is 24.9 Å². The molecule has 1 aliphatic heterocycles. The number of ether oxygens (including phenoxy) is 1. The zero-order valence-electron chi connectivity index (χ0n) is 12.5. The molecule has 1 fully saturated rings. The van der Waals surface area contributed by atoms with Gasteiger partial charge in [-0.15, -0.1) is 0 Å². The van der Waals surface area contributed by atoms with Crippen LogP contribution >= 0.6 is 0 Å². The summed E-state index contributed by atoms with van der Waals surface area (Å²) in [4.78, 5) is 9.95. The Labute approximate surface area is 124 Å². The third kappa shape index (κ3) is 3.26. The number of hydrogen-bond donors (Lipinski definition) is 2. The van der Waals surface area contributed by atoms with E-state index in [1.807, 2.05) is 12.3 Å². The number of aromatic amines is 1. The number of methoxy groups -OCH3 is 1. The highest BCUT2D eigenvalue weighted by atomic mass is 16.5. The van der Waals surface area contributed by atoms with Crippen LogP contribution in [0.4, 0.5) is 0 Å². The standard InChI is InChI=1S/C16H23N3O2/c1-21-11-13(20)10-19-7-4-12(5-8-19)15-9-18-16-14(15)3-2-6-17-16/h2-3,6,9,12-13,20H,4-5,7-8,10-11H2,1H3,(H,17,18)/t13-/m0/s1. The summed E-state index contributed by atoms with van der Waals surface area (Å²) in [5.74, 6) is 0.582. The van der Waals surface area contributed by atoms with E-state index in [0.29, 0.717) is 19.1 Å². The van der Waals surface area contributed by atoms with Gasteiger partial charge in [0, 0.05) is 31.4 Å². The van der Waals surface area contributed by atoms with Gasteiger partial charge in [0.2, 0.25) is 0 Å². The molecule has 3 rings (SSSR count). The molecule has 2 N–H and O–H groups in total. The number of fused-ring (bicyclic) bond motifs is 1. The molecule has 3 heterocycles. The fourth-order valence-corrected chi connectivity index (χ4v) is 3.28. The first-order chi connectivity index (χ1) is 10.3. The van der Waals surface area contributed by atoms with E-state index >= 15 is 0 Å². The van der Waals surface area contributed by atoms with Crippen molar-refractivity contribution in [2.75, 3.05) is 33.4 Å². The number of nitrogens with one attached hydrogen (secondary N) is 1. The highest BCUT2D eigenvalue weighted by Gasteiger charge is 2.24. The quantitative estimate of drug-likeness (QED) is 0.880. The first kappa shape index (κ1) is 14.5. The second-order valence-corrected chi connectivity index (χ2v) is 5.83. The van der Waals surface area contributed by atoms with Crippen LogP contribution in [0.5, 0.6) is 0 Å². The second kappa shape index (κ2) is 6.56. The summed E-state index contributed by atoms with van der Waals surface area (Å²) in [6, 6.07) is 4.14. The van der Waals surface area contributed by atoms with E-state index in [9.17, 15) is 5.11 Å². The molecule has 21 heavy (non-hydrogen) atoms. The van der Waals surface area contributed by atoms with Gasteiger partial charge in [-0.05, 0) is 49.5 Å². The van der Waals surface area contributed by atoms with Crippen LogP contribution < -0.4 is 0 Å². The predicted octanol–water partition coefficient (Wildman–Crippen LogP) is 1.75. The third-order valence-electron chi connectivity index (χ3n) is 4.34. The molecular weight excluding hydrogens is 266 g/mol. The number of aromatic nitrogens is 2. The molecule has 114 valence electrons. The van der Waals surface area contributed by atoms with Crippen molar-refractivity contribution >= 4 is 11.0 Å². The number of hydrogen-bond acceptors (Lipinski definition) is 4. The minimum Gasteiger partial charge on any atom is -0.389 e. The van der Waals surface area contributed by atoms with Gasteiger partial charge >= 0.3 is 0 Å². The Morgan fingerprint density at radius 3 is 3.05 bits per heavy atom. The molecule has 0 aliphatic carbocycles. The summed E-state index contributed by atoms with van der Waals surface area (Å²) in [6.45, 7) is 3.17. The van der Waals surface area contributed by atoms with Gasteiger partial charge in [0.05, 0.1) is 12.7 Å². The molecule has 0 amide bonds. The highest BCUT2D eigenvalue weighted by molar-refractivity contribution is 5.80. The summed E-state index contributed by atoms with van der Waals surface area (Å²) in [7, 11) is 1.63. The van der Waals surface area contributed by atoms with Crippen LogP contribution in [0, 0.1) is 0 Å². The largest absolute Gasteiger partial charge is 0.389 e. The van der Waals surface area contributed by atoms with Crippen molar-refractivity contribution in [2.24, 2.45) is 0 Å². The first-order valence-corrected chi connectivity index (χ1v) is 7.59. The van der Waals surface area contributed by atoms with E-state index in [1.165, 1.54) is 10.9 Å². The molecule has 1 saturated heterocycles. The number of nitrogens with zero attached hydrogens (tertiary/aromatic N) is 2. The van der Waals surface area contributed by atoms with Crippen LogP contribution in [0.2, 0.25) is 0 Å². The van der Waals surface area contributed by atoms with Gasteiger partial charge in [0.25, 0.3) is 0 Å². The number of H-pyrrole nitrogens is 1. The Bertz CT molecular complexity index is 576. The van der Waals surface area contributed by atoms with Crippen molar-refractivity contribution in [1.82, 2.24) is 14.9 Å². The van der Waals surface area contributed by atoms with Gasteiger partial charge in [-0.3, -0.25) is 0 Å². The van der Waals surface area contributed by atoms with Crippen LogP contribution in [0.15, 0.2) is 24.5 Å². The average Bonchev–Trinajstić information content (AvgIpc) is 2.92. The van der Waals surface area contributed by atoms with Crippen molar-refractivity contribution in [3.8, 4) is 0 Å². The van der Waals surface area contributed by atoms with Crippen LogP contribution in [0.3, 0.4) is 0 Å². The third-order valence-corrected chi connectivity index (χ3v) is 4.34. The van der Waals surface area contributed by atoms with Gasteiger partial charge in [-0.1, -0.05) is 0 Å². The van der Waals surface area contributed by atoms with E-state index in [1.54, 1.807) is 7.11 Å². The Morgan fingerprint density at radius 1 is 1.48 bits per heavy atom. The molecule has 0 saturated carbocycles. The summed E-state index contributed by atoms with van der Waals surface area (Å²) >= 11 is 0. The molecule has 0 spiro atoms. The lowest BCUT2D eigenvalue weighted by Crippen LogP contribution is -2.39. The summed E-state index contributed by atoms with van der Waals surface area (Å²) in [5, 5.41) is 11.1. The Morgan fingerprint density at radius 2 is 2.29 bits per heavy atom. The Balaban J connectivity index is 1.61. The van der Waals surface area contributed by atoms with E-state index in [4.69, 9.17) is 4.74 Å². The monoisotopic (exact) mass is 289 g/mol. The Kier molecular flexibility index (Phi) is 4.53. The molecule has 1 atom stereocenters. The number of rotatable bonds is 5. The molecule has 2 aromatic rings. The van der Waals surface area contributed by atoms with Crippen LogP contribution in [-0.4, -0.2) is 59.4 Å². The normalized spacial score (nSPS) is 19.1. The number of piperidine rings is 1. The fourth-order valence-electron chi connectivity index (χ4n) is 3.28. The minimum absolute atomic E-state index is 0.385. The molecule has 5 heteroatoms. The molecule has 0 unspecified atom stereocenters. The van der Waals surface area contributed by atoms with Crippen molar-refractivity contribution in [3.63, 3.8) is 0 Å². The van der Waals surface area contributed by atoms with E-state index in [0.717, 1.165) is 31.6 Å². The molecule has 1 aliphatic rings. The number of aliphatic hydroxyl groups is 1. The van der Waals surface area contributed by atoms with E-state index < -0.39 is 0 Å². The first-order valence-electron chi connectivity index (χ1n) is 7.59. The maximum Gasteiger partial charge on any atom is 0.137 e. The zero-order valence-corrected chi connectivity index (χ0v) is 12.5. The number of likely N-dealkylation sites (tertiary alicyclic amines) is 1. The maximum atomic E-state index is 9.81. The Hall–Kier alpha value is -1.43. The lowest BCUT2D eigenvalue weighted by atomic mass is 9.89. The van der Waals surface area contributed by atoms with E-state index in [-0.39, 0.29) is 6.10 Å². The molecule has 5 nitrogen and oxygen atoms in total. The van der Waals surface area contributed by atoms with Crippen LogP contribution in [0.25, 0.3) is 11.0 Å². The van der Waals surface area contributed by atoms with Crippen molar-refractivity contribution in [1.29, 1.82) is 0 Å². The summed E-state index contributed by atoms with van der Waals surface area (Å²) in [6.07, 6.45) is 5.80. The smallest absolute Gasteiger partial charge is 0.137 e. The number of pyridine rings is 1. The van der Waals surface area contributed by atoms with Crippen LogP contribution in [-0.2, 0) is 4.74 Å². The number of β-amino-alcohol motifs (C(OH)–C–C–N with tert-alkyl or cyclic N) is 1. The maximum absolute atomic E-state index is 9.81. The van der Waals surface area contributed by atoms with Gasteiger partial charge in [-0.25, -0.2) is 4.98 Å². The fraction of sp³-hybridized carbons (Fsp3) is 0.562. The zero-order chi connectivity index (χ0) is 14.7. The van der Waals surface area contributed by atoms with Gasteiger partial charge < -0.3 is 19.7 Å². The van der Waals surface area contributed by atoms with Gasteiger partial charge in [-0.2, -0.15) is 0 Å². The molecular formula is C16H23N3O2. The SMILES string of the molecule is COC[C@@H](O)CN1CCC(c2c[nH]c3ncccc23)CC1. The number of aliphatic hydroxyl groups excluding tert-OH is 1. The van der Waals surface area contributed by atoms with Crippen molar-refractivity contribution < 1.29 is 9.84 Å². The lowest BCUT2D eigenvalue weighted by Gasteiger charge is -2.33. The molecule has 2 aromatic heterocycles. The second-order valence-electron chi connectivity index (χ2n) is 5.83.